The number of ether oxygens (including phenoxy) is 1. The Bertz CT molecular complexity index is 881. The number of nitrogens with zero attached hydrogens (tertiary/aromatic N) is 1. The van der Waals surface area contributed by atoms with Gasteiger partial charge in [0, 0.05) is 28.6 Å². The predicted molar refractivity (Wildman–Crippen MR) is 86.3 cm³/mol. The van der Waals surface area contributed by atoms with Gasteiger partial charge in [-0.25, -0.2) is 4.79 Å². The number of H-pyrrole nitrogens is 1. The summed E-state index contributed by atoms with van der Waals surface area (Å²) in [6.45, 7) is 2.01. The largest absolute Gasteiger partial charge is 0.461 e. The molecule has 0 aliphatic heterocycles. The van der Waals surface area contributed by atoms with Crippen LogP contribution in [0.1, 0.15) is 17.4 Å². The highest BCUT2D eigenvalue weighted by Crippen LogP contribution is 2.33. The SMILES string of the molecule is CCOC(=O)c1[nH]c2ccccc2c1-c1ccc([N+](=O)[O-])cc1. The van der Waals surface area contributed by atoms with Gasteiger partial charge in [0.15, 0.2) is 0 Å². The van der Waals surface area contributed by atoms with E-state index in [9.17, 15) is 14.9 Å². The number of aromatic amines is 1. The van der Waals surface area contributed by atoms with E-state index in [1.165, 1.54) is 12.1 Å². The Balaban J connectivity index is 2.19. The predicted octanol–water partition coefficient (Wildman–Crippen LogP) is 3.92. The first-order valence-electron chi connectivity index (χ1n) is 7.14. The van der Waals surface area contributed by atoms with E-state index in [4.69, 9.17) is 4.74 Å². The molecule has 0 saturated heterocycles. The van der Waals surface area contributed by atoms with Crippen LogP contribution in [0.3, 0.4) is 0 Å². The average Bonchev–Trinajstić information content (AvgIpc) is 2.94. The number of nitro groups is 1. The second kappa shape index (κ2) is 5.92. The second-order valence-electron chi connectivity index (χ2n) is 4.95. The quantitative estimate of drug-likeness (QED) is 0.449. The van der Waals surface area contributed by atoms with Gasteiger partial charge in [0.25, 0.3) is 5.69 Å². The number of para-hydroxylation sites is 1. The van der Waals surface area contributed by atoms with E-state index < -0.39 is 10.9 Å². The maximum Gasteiger partial charge on any atom is 0.355 e. The molecule has 0 unspecified atom stereocenters. The Morgan fingerprint density at radius 2 is 1.87 bits per heavy atom. The summed E-state index contributed by atoms with van der Waals surface area (Å²) in [4.78, 5) is 25.6. The van der Waals surface area contributed by atoms with Crippen molar-refractivity contribution < 1.29 is 14.5 Å². The van der Waals surface area contributed by atoms with Crippen LogP contribution in [0, 0.1) is 10.1 Å². The lowest BCUT2D eigenvalue weighted by molar-refractivity contribution is -0.384. The lowest BCUT2D eigenvalue weighted by Gasteiger charge is -2.05. The Morgan fingerprint density at radius 1 is 1.17 bits per heavy atom. The zero-order valence-electron chi connectivity index (χ0n) is 12.4. The standard InChI is InChI=1S/C17H14N2O4/c1-2-23-17(20)16-15(13-5-3-4-6-14(13)18-16)11-7-9-12(10-8-11)19(21)22/h3-10,18H,2H2,1H3. The highest BCUT2D eigenvalue weighted by molar-refractivity contribution is 6.08. The number of fused-ring (bicyclic) bond motifs is 1. The monoisotopic (exact) mass is 310 g/mol. The molecule has 0 bridgehead atoms. The van der Waals surface area contributed by atoms with Gasteiger partial charge in [-0.1, -0.05) is 18.2 Å². The molecule has 23 heavy (non-hydrogen) atoms. The van der Waals surface area contributed by atoms with Gasteiger partial charge < -0.3 is 9.72 Å². The fraction of sp³-hybridized carbons (Fsp3) is 0.118. The van der Waals surface area contributed by atoms with Crippen LogP contribution in [0.2, 0.25) is 0 Å². The Hall–Kier alpha value is -3.15. The van der Waals surface area contributed by atoms with Crippen LogP contribution in [0.5, 0.6) is 0 Å². The van der Waals surface area contributed by atoms with Gasteiger partial charge >= 0.3 is 5.97 Å². The molecule has 6 heteroatoms. The first kappa shape index (κ1) is 14.8. The Kier molecular flexibility index (Phi) is 3.80. The highest BCUT2D eigenvalue weighted by Gasteiger charge is 2.20. The molecule has 6 nitrogen and oxygen atoms in total. The molecule has 116 valence electrons. The summed E-state index contributed by atoms with van der Waals surface area (Å²) < 4.78 is 5.10. The van der Waals surface area contributed by atoms with E-state index in [2.05, 4.69) is 4.98 Å². The number of hydrogen-bond acceptors (Lipinski definition) is 4. The molecule has 1 heterocycles. The number of carbonyl (C=O) groups is 1. The molecule has 0 aliphatic rings. The minimum absolute atomic E-state index is 0.00581. The summed E-state index contributed by atoms with van der Waals surface area (Å²) in [6, 6.07) is 13.6. The molecule has 0 amide bonds. The number of aromatic nitrogens is 1. The van der Waals surface area contributed by atoms with Gasteiger partial charge in [0.1, 0.15) is 5.69 Å². The molecule has 0 fully saturated rings. The topological polar surface area (TPSA) is 85.2 Å². The number of esters is 1. The van der Waals surface area contributed by atoms with E-state index in [1.54, 1.807) is 19.1 Å². The van der Waals surface area contributed by atoms with E-state index in [0.29, 0.717) is 11.3 Å². The summed E-state index contributed by atoms with van der Waals surface area (Å²) in [6.07, 6.45) is 0. The number of carbonyl (C=O) groups excluding carboxylic acids is 1. The number of non-ortho nitro benzene ring substituents is 1. The van der Waals surface area contributed by atoms with Gasteiger partial charge in [-0.3, -0.25) is 10.1 Å². The normalized spacial score (nSPS) is 10.7. The number of hydrogen-bond donors (Lipinski definition) is 1. The van der Waals surface area contributed by atoms with Crippen molar-refractivity contribution in [3.8, 4) is 11.1 Å². The molecular weight excluding hydrogens is 296 g/mol. The molecule has 1 aromatic heterocycles. The fourth-order valence-electron chi connectivity index (χ4n) is 2.55. The number of benzene rings is 2. The zero-order valence-corrected chi connectivity index (χ0v) is 12.4. The molecule has 0 atom stereocenters. The minimum atomic E-state index is -0.453. The van der Waals surface area contributed by atoms with Crippen molar-refractivity contribution in [3.05, 3.63) is 64.3 Å². The summed E-state index contributed by atoms with van der Waals surface area (Å²) in [5, 5.41) is 11.7. The first-order valence-corrected chi connectivity index (χ1v) is 7.14. The first-order chi connectivity index (χ1) is 11.1. The van der Waals surface area contributed by atoms with Crippen LogP contribution < -0.4 is 0 Å². The van der Waals surface area contributed by atoms with E-state index in [1.807, 2.05) is 24.3 Å². The summed E-state index contributed by atoms with van der Waals surface area (Å²) in [5.74, 6) is -0.447. The van der Waals surface area contributed by atoms with Crippen LogP contribution in [-0.2, 0) is 4.74 Å². The fourth-order valence-corrected chi connectivity index (χ4v) is 2.55. The number of nitrogens with one attached hydrogen (secondary N) is 1. The van der Waals surface area contributed by atoms with Gasteiger partial charge in [0.05, 0.1) is 11.5 Å². The van der Waals surface area contributed by atoms with Gasteiger partial charge in [-0.2, -0.15) is 0 Å². The lowest BCUT2D eigenvalue weighted by Crippen LogP contribution is -2.06. The second-order valence-corrected chi connectivity index (χ2v) is 4.95. The maximum absolute atomic E-state index is 12.2. The molecule has 1 N–H and O–H groups in total. The van der Waals surface area contributed by atoms with Gasteiger partial charge in [-0.05, 0) is 30.7 Å². The van der Waals surface area contributed by atoms with E-state index >= 15 is 0 Å². The molecule has 3 aromatic rings. The Morgan fingerprint density at radius 3 is 2.52 bits per heavy atom. The molecule has 0 saturated carbocycles. The van der Waals surface area contributed by atoms with Gasteiger partial charge in [0.2, 0.25) is 0 Å². The average molecular weight is 310 g/mol. The summed E-state index contributed by atoms with van der Waals surface area (Å²) in [5.41, 5.74) is 2.57. The van der Waals surface area contributed by atoms with Crippen molar-refractivity contribution in [2.75, 3.05) is 6.61 Å². The van der Waals surface area contributed by atoms with Crippen LogP contribution in [-0.4, -0.2) is 22.5 Å². The third-order valence-electron chi connectivity index (χ3n) is 3.55. The van der Waals surface area contributed by atoms with Crippen LogP contribution in [0.25, 0.3) is 22.0 Å². The number of rotatable bonds is 4. The van der Waals surface area contributed by atoms with Crippen molar-refractivity contribution in [1.82, 2.24) is 4.98 Å². The molecule has 2 aromatic carbocycles. The van der Waals surface area contributed by atoms with Crippen molar-refractivity contribution in [3.63, 3.8) is 0 Å². The molecule has 0 radical (unpaired) electrons. The van der Waals surface area contributed by atoms with Gasteiger partial charge in [-0.15, -0.1) is 0 Å². The molecule has 0 spiro atoms. The smallest absolute Gasteiger partial charge is 0.355 e. The van der Waals surface area contributed by atoms with E-state index in [-0.39, 0.29) is 12.3 Å². The Labute approximate surface area is 131 Å². The third-order valence-corrected chi connectivity index (χ3v) is 3.55. The van der Waals surface area contributed by atoms with Crippen LogP contribution in [0.15, 0.2) is 48.5 Å². The van der Waals surface area contributed by atoms with Crippen LogP contribution in [0.4, 0.5) is 5.69 Å². The van der Waals surface area contributed by atoms with Crippen molar-refractivity contribution in [2.45, 2.75) is 6.92 Å². The van der Waals surface area contributed by atoms with Crippen molar-refractivity contribution in [1.29, 1.82) is 0 Å². The van der Waals surface area contributed by atoms with Crippen molar-refractivity contribution in [2.24, 2.45) is 0 Å². The molecule has 3 rings (SSSR count). The van der Waals surface area contributed by atoms with Crippen LogP contribution >= 0.6 is 0 Å². The lowest BCUT2D eigenvalue weighted by atomic mass is 10.0. The van der Waals surface area contributed by atoms with Crippen molar-refractivity contribution >= 4 is 22.6 Å². The summed E-state index contributed by atoms with van der Waals surface area (Å²) >= 11 is 0. The number of nitro benzene ring substituents is 1. The molecular formula is C17H14N2O4. The zero-order chi connectivity index (χ0) is 16.4. The highest BCUT2D eigenvalue weighted by atomic mass is 16.6. The summed E-state index contributed by atoms with van der Waals surface area (Å²) in [7, 11) is 0. The third kappa shape index (κ3) is 2.66. The van der Waals surface area contributed by atoms with E-state index in [0.717, 1.165) is 16.5 Å². The maximum atomic E-state index is 12.2. The minimum Gasteiger partial charge on any atom is -0.461 e. The molecule has 0 aliphatic carbocycles.